The number of esters is 1. The summed E-state index contributed by atoms with van der Waals surface area (Å²) in [5, 5.41) is 0. The van der Waals surface area contributed by atoms with E-state index in [1.807, 2.05) is 0 Å². The maximum Gasteiger partial charge on any atom is 0.305 e. The highest BCUT2D eigenvalue weighted by molar-refractivity contribution is 9.28. The van der Waals surface area contributed by atoms with Crippen molar-refractivity contribution < 1.29 is 9.53 Å². The van der Waals surface area contributed by atoms with Crippen LogP contribution in [0.15, 0.2) is 9.47 Å². The number of unbranched alkanes of at least 4 members (excludes halogenated alkanes) is 8. The van der Waals surface area contributed by atoms with E-state index in [1.165, 1.54) is 39.2 Å². The maximum absolute atomic E-state index is 10.9. The van der Waals surface area contributed by atoms with Crippen LogP contribution in [-0.4, -0.2) is 13.1 Å². The van der Waals surface area contributed by atoms with Gasteiger partial charge in [0.05, 0.1) is 10.5 Å². The van der Waals surface area contributed by atoms with Gasteiger partial charge < -0.3 is 4.74 Å². The Balaban J connectivity index is 3.36. The highest BCUT2D eigenvalue weighted by atomic mass is 79.9. The molecule has 4 heteroatoms. The summed E-state index contributed by atoms with van der Waals surface area (Å²) in [5.41, 5.74) is 0. The standard InChI is InChI=1S/C19H26Br2O2/c1-23-19(22)17-15-13-11-9-7-5-3-2-4-6-8-10-12-14-16-18(20)21/h16H,2-4,6,8,10,12-15,17H2,1H3. The number of carbonyl (C=O) groups excluding carboxylic acids is 1. The number of halogens is 2. The SMILES string of the molecule is COC(=O)CCCC#CC#CCCCCCCCCC=C(Br)Br. The predicted molar refractivity (Wildman–Crippen MR) is 104 cm³/mol. The van der Waals surface area contributed by atoms with Gasteiger partial charge in [0.15, 0.2) is 0 Å². The molecule has 128 valence electrons. The second-order valence-corrected chi connectivity index (χ2v) is 7.96. The van der Waals surface area contributed by atoms with Crippen molar-refractivity contribution in [1.82, 2.24) is 0 Å². The molecule has 0 aromatic carbocycles. The molecule has 0 saturated heterocycles. The van der Waals surface area contributed by atoms with Crippen molar-refractivity contribution in [2.75, 3.05) is 7.11 Å². The third kappa shape index (κ3) is 19.2. The maximum atomic E-state index is 10.9. The zero-order chi connectivity index (χ0) is 17.2. The zero-order valence-electron chi connectivity index (χ0n) is 13.9. The van der Waals surface area contributed by atoms with Gasteiger partial charge in [0, 0.05) is 19.3 Å². The van der Waals surface area contributed by atoms with Gasteiger partial charge in [-0.3, -0.25) is 4.79 Å². The first kappa shape index (κ1) is 22.3. The Bertz CT molecular complexity index is 457. The minimum atomic E-state index is -0.176. The van der Waals surface area contributed by atoms with Crippen LogP contribution in [0.4, 0.5) is 0 Å². The van der Waals surface area contributed by atoms with Crippen LogP contribution in [0.5, 0.6) is 0 Å². The summed E-state index contributed by atoms with van der Waals surface area (Å²) in [6.07, 6.45) is 13.7. The van der Waals surface area contributed by atoms with Crippen molar-refractivity contribution in [3.05, 3.63) is 9.47 Å². The van der Waals surface area contributed by atoms with E-state index in [-0.39, 0.29) is 5.97 Å². The average molecular weight is 446 g/mol. The summed E-state index contributed by atoms with van der Waals surface area (Å²) in [7, 11) is 1.40. The second kappa shape index (κ2) is 17.6. The molecule has 23 heavy (non-hydrogen) atoms. The molecule has 0 aromatic rings. The Labute approximate surface area is 158 Å². The van der Waals surface area contributed by atoms with Crippen LogP contribution < -0.4 is 0 Å². The van der Waals surface area contributed by atoms with Crippen molar-refractivity contribution in [3.8, 4) is 23.7 Å². The molecule has 0 amide bonds. The van der Waals surface area contributed by atoms with Gasteiger partial charge in [-0.2, -0.15) is 0 Å². The quantitative estimate of drug-likeness (QED) is 0.218. The Kier molecular flexibility index (Phi) is 17.1. The summed E-state index contributed by atoms with van der Waals surface area (Å²) in [4.78, 5) is 10.9. The molecule has 2 nitrogen and oxygen atoms in total. The van der Waals surface area contributed by atoms with Crippen LogP contribution in [0.1, 0.15) is 70.6 Å². The van der Waals surface area contributed by atoms with Crippen LogP contribution in [0.2, 0.25) is 0 Å². The minimum absolute atomic E-state index is 0.176. The predicted octanol–water partition coefficient (Wildman–Crippen LogP) is 6.09. The van der Waals surface area contributed by atoms with E-state index >= 15 is 0 Å². The highest BCUT2D eigenvalue weighted by Gasteiger charge is 1.96. The van der Waals surface area contributed by atoms with Gasteiger partial charge in [-0.25, -0.2) is 0 Å². The minimum Gasteiger partial charge on any atom is -0.469 e. The van der Waals surface area contributed by atoms with Gasteiger partial charge in [-0.1, -0.05) is 43.6 Å². The fraction of sp³-hybridized carbons (Fsp3) is 0.632. The Morgan fingerprint density at radius 2 is 1.48 bits per heavy atom. The van der Waals surface area contributed by atoms with Crippen LogP contribution in [-0.2, 0) is 9.53 Å². The molecule has 0 N–H and O–H groups in total. The average Bonchev–Trinajstić information content (AvgIpc) is 2.53. The van der Waals surface area contributed by atoms with Crippen molar-refractivity contribution in [2.24, 2.45) is 0 Å². The number of ether oxygens (including phenoxy) is 1. The lowest BCUT2D eigenvalue weighted by molar-refractivity contribution is -0.140. The molecular formula is C19H26Br2O2. The van der Waals surface area contributed by atoms with E-state index in [0.29, 0.717) is 12.8 Å². The summed E-state index contributed by atoms with van der Waals surface area (Å²) < 4.78 is 5.61. The Morgan fingerprint density at radius 1 is 0.913 bits per heavy atom. The van der Waals surface area contributed by atoms with E-state index < -0.39 is 0 Å². The molecule has 0 spiro atoms. The molecule has 0 aliphatic heterocycles. The van der Waals surface area contributed by atoms with Crippen molar-refractivity contribution in [3.63, 3.8) is 0 Å². The lowest BCUT2D eigenvalue weighted by Gasteiger charge is -1.98. The third-order valence-electron chi connectivity index (χ3n) is 3.20. The summed E-state index contributed by atoms with van der Waals surface area (Å²) in [5.74, 6) is 11.6. The fourth-order valence-electron chi connectivity index (χ4n) is 1.91. The monoisotopic (exact) mass is 444 g/mol. The van der Waals surface area contributed by atoms with Gasteiger partial charge in [0.25, 0.3) is 0 Å². The first-order chi connectivity index (χ1) is 11.2. The van der Waals surface area contributed by atoms with Gasteiger partial charge >= 0.3 is 5.97 Å². The smallest absolute Gasteiger partial charge is 0.305 e. The van der Waals surface area contributed by atoms with Gasteiger partial charge in [0.1, 0.15) is 0 Å². The van der Waals surface area contributed by atoms with Crippen LogP contribution in [0.3, 0.4) is 0 Å². The molecule has 0 heterocycles. The second-order valence-electron chi connectivity index (χ2n) is 5.19. The first-order valence-corrected chi connectivity index (χ1v) is 9.79. The molecule has 0 aliphatic rings. The molecule has 0 aromatic heterocycles. The van der Waals surface area contributed by atoms with E-state index in [0.717, 1.165) is 29.1 Å². The number of carbonyl (C=O) groups is 1. The van der Waals surface area contributed by atoms with E-state index in [9.17, 15) is 4.79 Å². The van der Waals surface area contributed by atoms with Crippen molar-refractivity contribution >= 4 is 37.8 Å². The molecule has 0 rings (SSSR count). The fourth-order valence-corrected chi connectivity index (χ4v) is 2.37. The topological polar surface area (TPSA) is 26.3 Å². The lowest BCUT2D eigenvalue weighted by atomic mass is 10.1. The summed E-state index contributed by atoms with van der Waals surface area (Å²) in [6, 6.07) is 0. The molecule has 0 aliphatic carbocycles. The van der Waals surface area contributed by atoms with Crippen LogP contribution >= 0.6 is 31.9 Å². The molecule has 0 radical (unpaired) electrons. The Morgan fingerprint density at radius 3 is 2.09 bits per heavy atom. The van der Waals surface area contributed by atoms with Crippen LogP contribution in [0.25, 0.3) is 0 Å². The first-order valence-electron chi connectivity index (χ1n) is 8.20. The lowest BCUT2D eigenvalue weighted by Crippen LogP contribution is -1.98. The van der Waals surface area contributed by atoms with Gasteiger partial charge in [0.2, 0.25) is 0 Å². The van der Waals surface area contributed by atoms with E-state index in [2.05, 4.69) is 66.4 Å². The molecule has 0 unspecified atom stereocenters. The normalized spacial score (nSPS) is 9.17. The number of rotatable bonds is 11. The molecule has 0 atom stereocenters. The third-order valence-corrected chi connectivity index (χ3v) is 3.85. The molecular weight excluding hydrogens is 420 g/mol. The summed E-state index contributed by atoms with van der Waals surface area (Å²) >= 11 is 6.72. The molecule has 0 saturated carbocycles. The number of methoxy groups -OCH3 is 1. The van der Waals surface area contributed by atoms with Crippen molar-refractivity contribution in [1.29, 1.82) is 0 Å². The zero-order valence-corrected chi connectivity index (χ0v) is 17.1. The Hall–Kier alpha value is -0.710. The molecule has 0 fully saturated rings. The number of hydrogen-bond acceptors (Lipinski definition) is 2. The highest BCUT2D eigenvalue weighted by Crippen LogP contribution is 2.15. The molecule has 0 bridgehead atoms. The van der Waals surface area contributed by atoms with Gasteiger partial charge in [-0.05, 0) is 69.4 Å². The van der Waals surface area contributed by atoms with Crippen molar-refractivity contribution in [2.45, 2.75) is 70.6 Å². The van der Waals surface area contributed by atoms with E-state index in [1.54, 1.807) is 0 Å². The van der Waals surface area contributed by atoms with E-state index in [4.69, 9.17) is 0 Å². The number of hydrogen-bond donors (Lipinski definition) is 0. The number of allylic oxidation sites excluding steroid dienone is 1. The summed E-state index contributed by atoms with van der Waals surface area (Å²) in [6.45, 7) is 0. The van der Waals surface area contributed by atoms with Gasteiger partial charge in [-0.15, -0.1) is 0 Å². The van der Waals surface area contributed by atoms with Crippen LogP contribution in [0, 0.1) is 23.7 Å². The largest absolute Gasteiger partial charge is 0.469 e.